The Morgan fingerprint density at radius 2 is 2.36 bits per heavy atom. The fraction of sp³-hybridized carbons (Fsp3) is 0.875. The predicted octanol–water partition coefficient (Wildman–Crippen LogP) is 1.28. The van der Waals surface area contributed by atoms with Gasteiger partial charge in [0.05, 0.1) is 12.0 Å². The zero-order valence-electron chi connectivity index (χ0n) is 6.75. The van der Waals surface area contributed by atoms with Gasteiger partial charge in [-0.3, -0.25) is 4.79 Å². The minimum Gasteiger partial charge on any atom is -0.481 e. The smallest absolute Gasteiger partial charge is 0.306 e. The van der Waals surface area contributed by atoms with Crippen LogP contribution in [-0.4, -0.2) is 23.8 Å². The highest BCUT2D eigenvalue weighted by Crippen LogP contribution is 2.27. The molecule has 0 unspecified atom stereocenters. The Hall–Kier alpha value is -0.570. The van der Waals surface area contributed by atoms with Crippen molar-refractivity contribution in [2.45, 2.75) is 32.3 Å². The summed E-state index contributed by atoms with van der Waals surface area (Å²) in [6.07, 6.45) is 2.58. The number of rotatable bonds is 3. The zero-order valence-corrected chi connectivity index (χ0v) is 6.75. The number of carboxylic acid groups (broad SMARTS) is 1. The first-order chi connectivity index (χ1) is 5.24. The van der Waals surface area contributed by atoms with E-state index in [0.29, 0.717) is 13.0 Å². The monoisotopic (exact) mass is 158 g/mol. The highest BCUT2D eigenvalue weighted by Gasteiger charge is 2.29. The quantitative estimate of drug-likeness (QED) is 0.673. The summed E-state index contributed by atoms with van der Waals surface area (Å²) in [5, 5.41) is 8.64. The van der Waals surface area contributed by atoms with E-state index in [1.807, 2.05) is 6.92 Å². The Morgan fingerprint density at radius 1 is 1.64 bits per heavy atom. The van der Waals surface area contributed by atoms with E-state index < -0.39 is 5.97 Å². The highest BCUT2D eigenvalue weighted by molar-refractivity contribution is 5.70. The van der Waals surface area contributed by atoms with Crippen molar-refractivity contribution in [1.29, 1.82) is 0 Å². The van der Waals surface area contributed by atoms with Gasteiger partial charge in [-0.15, -0.1) is 0 Å². The first-order valence-electron chi connectivity index (χ1n) is 4.08. The van der Waals surface area contributed by atoms with Crippen molar-refractivity contribution in [3.63, 3.8) is 0 Å². The molecular weight excluding hydrogens is 144 g/mol. The second-order valence-electron chi connectivity index (χ2n) is 2.93. The number of ether oxygens (including phenoxy) is 1. The van der Waals surface area contributed by atoms with Crippen LogP contribution in [-0.2, 0) is 9.53 Å². The normalized spacial score (nSPS) is 30.6. The molecule has 1 fully saturated rings. The van der Waals surface area contributed by atoms with Crippen LogP contribution in [0, 0.1) is 5.92 Å². The predicted molar refractivity (Wildman–Crippen MR) is 40.4 cm³/mol. The Kier molecular flexibility index (Phi) is 2.88. The lowest BCUT2D eigenvalue weighted by Crippen LogP contribution is -2.13. The van der Waals surface area contributed by atoms with E-state index in [1.165, 1.54) is 0 Å². The lowest BCUT2D eigenvalue weighted by atomic mass is 10.1. The third-order valence-electron chi connectivity index (χ3n) is 2.14. The average Bonchev–Trinajstić information content (AvgIpc) is 2.37. The molecule has 0 bridgehead atoms. The first kappa shape index (κ1) is 8.53. The molecule has 1 rings (SSSR count). The van der Waals surface area contributed by atoms with Gasteiger partial charge in [0.1, 0.15) is 0 Å². The van der Waals surface area contributed by atoms with Gasteiger partial charge >= 0.3 is 5.97 Å². The molecule has 1 aliphatic rings. The molecule has 0 aliphatic heterocycles. The van der Waals surface area contributed by atoms with E-state index in [4.69, 9.17) is 9.84 Å². The van der Waals surface area contributed by atoms with Crippen molar-refractivity contribution in [3.05, 3.63) is 0 Å². The van der Waals surface area contributed by atoms with Crippen LogP contribution in [0.2, 0.25) is 0 Å². The first-order valence-corrected chi connectivity index (χ1v) is 4.08. The van der Waals surface area contributed by atoms with Gasteiger partial charge in [0.15, 0.2) is 0 Å². The van der Waals surface area contributed by atoms with Gasteiger partial charge in [-0.1, -0.05) is 0 Å². The largest absolute Gasteiger partial charge is 0.481 e. The van der Waals surface area contributed by atoms with Crippen LogP contribution in [0.1, 0.15) is 26.2 Å². The molecule has 0 heterocycles. The van der Waals surface area contributed by atoms with E-state index in [-0.39, 0.29) is 12.0 Å². The van der Waals surface area contributed by atoms with Crippen molar-refractivity contribution < 1.29 is 14.6 Å². The summed E-state index contributed by atoms with van der Waals surface area (Å²) in [7, 11) is 0. The molecule has 1 N–H and O–H groups in total. The second kappa shape index (κ2) is 3.72. The van der Waals surface area contributed by atoms with E-state index >= 15 is 0 Å². The van der Waals surface area contributed by atoms with Crippen LogP contribution < -0.4 is 0 Å². The molecule has 1 saturated carbocycles. The van der Waals surface area contributed by atoms with Gasteiger partial charge in [-0.25, -0.2) is 0 Å². The molecule has 3 nitrogen and oxygen atoms in total. The SMILES string of the molecule is CCO[C@@H]1CC[C@H](C(=O)O)C1. The van der Waals surface area contributed by atoms with E-state index in [2.05, 4.69) is 0 Å². The Balaban J connectivity index is 2.29. The Bertz CT molecular complexity index is 144. The van der Waals surface area contributed by atoms with Crippen LogP contribution in [0.4, 0.5) is 0 Å². The number of hydrogen-bond donors (Lipinski definition) is 1. The lowest BCUT2D eigenvalue weighted by Gasteiger charge is -2.08. The van der Waals surface area contributed by atoms with Crippen LogP contribution in [0.5, 0.6) is 0 Å². The molecule has 0 radical (unpaired) electrons. The van der Waals surface area contributed by atoms with E-state index in [0.717, 1.165) is 12.8 Å². The minimum absolute atomic E-state index is 0.161. The summed E-state index contributed by atoms with van der Waals surface area (Å²) in [6, 6.07) is 0. The molecule has 0 aromatic heterocycles. The molecule has 11 heavy (non-hydrogen) atoms. The van der Waals surface area contributed by atoms with Crippen LogP contribution in [0.15, 0.2) is 0 Å². The Labute approximate surface area is 66.4 Å². The molecule has 0 aromatic rings. The molecule has 0 saturated heterocycles. The summed E-state index contributed by atoms with van der Waals surface area (Å²) in [4.78, 5) is 10.5. The Morgan fingerprint density at radius 3 is 2.82 bits per heavy atom. The van der Waals surface area contributed by atoms with Gasteiger partial charge < -0.3 is 9.84 Å². The van der Waals surface area contributed by atoms with Crippen molar-refractivity contribution in [3.8, 4) is 0 Å². The molecule has 2 atom stereocenters. The van der Waals surface area contributed by atoms with Crippen molar-refractivity contribution in [1.82, 2.24) is 0 Å². The minimum atomic E-state index is -0.674. The summed E-state index contributed by atoms with van der Waals surface area (Å²) >= 11 is 0. The van der Waals surface area contributed by atoms with Gasteiger partial charge in [0.2, 0.25) is 0 Å². The fourth-order valence-corrected chi connectivity index (χ4v) is 1.55. The third-order valence-corrected chi connectivity index (χ3v) is 2.14. The van der Waals surface area contributed by atoms with Crippen LogP contribution in [0.3, 0.4) is 0 Å². The summed E-state index contributed by atoms with van der Waals surface area (Å²) in [5.74, 6) is -0.834. The third kappa shape index (κ3) is 2.19. The standard InChI is InChI=1S/C8H14O3/c1-2-11-7-4-3-6(5-7)8(9)10/h6-7H,2-5H2,1H3,(H,9,10)/t6-,7+/m0/s1. The van der Waals surface area contributed by atoms with Crippen molar-refractivity contribution in [2.75, 3.05) is 6.61 Å². The molecule has 3 heteroatoms. The molecule has 0 spiro atoms. The number of aliphatic carboxylic acids is 1. The fourth-order valence-electron chi connectivity index (χ4n) is 1.55. The van der Waals surface area contributed by atoms with Gasteiger partial charge in [-0.2, -0.15) is 0 Å². The summed E-state index contributed by atoms with van der Waals surface area (Å²) in [6.45, 7) is 2.63. The maximum absolute atomic E-state index is 10.5. The highest BCUT2D eigenvalue weighted by atomic mass is 16.5. The van der Waals surface area contributed by atoms with Crippen molar-refractivity contribution in [2.24, 2.45) is 5.92 Å². The molecule has 0 amide bonds. The average molecular weight is 158 g/mol. The topological polar surface area (TPSA) is 46.5 Å². The maximum Gasteiger partial charge on any atom is 0.306 e. The number of carbonyl (C=O) groups is 1. The number of hydrogen-bond acceptors (Lipinski definition) is 2. The number of carboxylic acids is 1. The maximum atomic E-state index is 10.5. The molecule has 64 valence electrons. The van der Waals surface area contributed by atoms with E-state index in [9.17, 15) is 4.79 Å². The van der Waals surface area contributed by atoms with Crippen LogP contribution in [0.25, 0.3) is 0 Å². The lowest BCUT2D eigenvalue weighted by molar-refractivity contribution is -0.141. The van der Waals surface area contributed by atoms with Crippen molar-refractivity contribution >= 4 is 5.97 Å². The molecule has 0 aromatic carbocycles. The molecule has 1 aliphatic carbocycles. The summed E-state index contributed by atoms with van der Waals surface area (Å²) in [5.41, 5.74) is 0. The summed E-state index contributed by atoms with van der Waals surface area (Å²) < 4.78 is 5.32. The van der Waals surface area contributed by atoms with E-state index in [1.54, 1.807) is 0 Å². The van der Waals surface area contributed by atoms with Gasteiger partial charge in [0, 0.05) is 6.61 Å². The van der Waals surface area contributed by atoms with Gasteiger partial charge in [-0.05, 0) is 26.2 Å². The zero-order chi connectivity index (χ0) is 8.27. The van der Waals surface area contributed by atoms with Crippen LogP contribution >= 0.6 is 0 Å². The molecular formula is C8H14O3. The van der Waals surface area contributed by atoms with Gasteiger partial charge in [0.25, 0.3) is 0 Å². The second-order valence-corrected chi connectivity index (χ2v) is 2.93.